The van der Waals surface area contributed by atoms with Crippen LogP contribution in [0.1, 0.15) is 27.2 Å². The van der Waals surface area contributed by atoms with Crippen molar-refractivity contribution in [2.45, 2.75) is 44.9 Å². The molecule has 5 heterocycles. The van der Waals surface area contributed by atoms with Crippen molar-refractivity contribution in [3.8, 4) is 11.5 Å². The van der Waals surface area contributed by atoms with E-state index in [0.717, 1.165) is 12.2 Å². The van der Waals surface area contributed by atoms with Gasteiger partial charge in [0.15, 0.2) is 11.6 Å². The zero-order valence-electron chi connectivity index (χ0n) is 21.8. The zero-order valence-corrected chi connectivity index (χ0v) is 22.6. The average Bonchev–Trinajstić information content (AvgIpc) is 3.52. The Morgan fingerprint density at radius 2 is 1.87 bits per heavy atom. The van der Waals surface area contributed by atoms with Crippen LogP contribution >= 0.6 is 11.6 Å². The SMILES string of the molecule is CC(C)(C)OC(=O)N1C[C@@H]2C[C@H]1CN2c1ccc2ncnc(Nc3cc(Cl)c(Oc4ccccc4)cn3)c2n1. The van der Waals surface area contributed by atoms with Gasteiger partial charge in [-0.1, -0.05) is 29.8 Å². The van der Waals surface area contributed by atoms with Gasteiger partial charge in [-0.3, -0.25) is 0 Å². The minimum atomic E-state index is -0.518. The van der Waals surface area contributed by atoms with Crippen LogP contribution < -0.4 is 15.0 Å². The molecule has 0 saturated carbocycles. The highest BCUT2D eigenvalue weighted by atomic mass is 35.5. The number of nitrogens with one attached hydrogen (secondary N) is 1. The molecule has 2 aliphatic heterocycles. The Morgan fingerprint density at radius 3 is 2.59 bits per heavy atom. The number of carbonyl (C=O) groups excluding carboxylic acids is 1. The number of benzene rings is 1. The first-order valence-corrected chi connectivity index (χ1v) is 13.1. The number of hydrogen-bond acceptors (Lipinski definition) is 9. The van der Waals surface area contributed by atoms with Crippen LogP contribution in [0.4, 0.5) is 22.2 Å². The van der Waals surface area contributed by atoms with Crippen LogP contribution in [-0.4, -0.2) is 61.7 Å². The normalized spacial score (nSPS) is 18.5. The second-order valence-electron chi connectivity index (χ2n) is 10.6. The number of hydrogen-bond donors (Lipinski definition) is 1. The van der Waals surface area contributed by atoms with Gasteiger partial charge in [-0.15, -0.1) is 0 Å². The number of halogens is 1. The molecule has 2 saturated heterocycles. The largest absolute Gasteiger partial charge is 0.454 e. The van der Waals surface area contributed by atoms with E-state index in [1.165, 1.54) is 6.33 Å². The molecule has 39 heavy (non-hydrogen) atoms. The van der Waals surface area contributed by atoms with Gasteiger partial charge >= 0.3 is 6.09 Å². The Kier molecular flexibility index (Phi) is 6.34. The maximum absolute atomic E-state index is 12.6. The van der Waals surface area contributed by atoms with Gasteiger partial charge in [0.1, 0.15) is 34.8 Å². The van der Waals surface area contributed by atoms with Crippen molar-refractivity contribution in [1.82, 2.24) is 24.8 Å². The summed E-state index contributed by atoms with van der Waals surface area (Å²) in [5.41, 5.74) is 0.798. The Morgan fingerprint density at radius 1 is 1.05 bits per heavy atom. The summed E-state index contributed by atoms with van der Waals surface area (Å²) in [6.45, 7) is 6.95. The lowest BCUT2D eigenvalue weighted by atomic mass is 10.2. The molecular formula is C28H28ClN7O3. The minimum Gasteiger partial charge on any atom is -0.454 e. The molecule has 0 spiro atoms. The maximum Gasteiger partial charge on any atom is 0.410 e. The number of aromatic nitrogens is 4. The fourth-order valence-electron chi connectivity index (χ4n) is 4.97. The maximum atomic E-state index is 12.6. The van der Waals surface area contributed by atoms with Crippen molar-refractivity contribution in [1.29, 1.82) is 0 Å². The molecule has 200 valence electrons. The van der Waals surface area contributed by atoms with Crippen molar-refractivity contribution in [2.75, 3.05) is 23.3 Å². The highest BCUT2D eigenvalue weighted by Crippen LogP contribution is 2.36. The third-order valence-electron chi connectivity index (χ3n) is 6.67. The van der Waals surface area contributed by atoms with Crippen LogP contribution in [0.5, 0.6) is 11.5 Å². The second kappa shape index (κ2) is 9.85. The molecule has 2 atom stereocenters. The molecule has 1 N–H and O–H groups in total. The van der Waals surface area contributed by atoms with E-state index in [1.54, 1.807) is 12.3 Å². The summed E-state index contributed by atoms with van der Waals surface area (Å²) >= 11 is 6.48. The zero-order chi connectivity index (χ0) is 27.1. The fraction of sp³-hybridized carbons (Fsp3) is 0.321. The van der Waals surface area contributed by atoms with Gasteiger partial charge in [0.05, 0.1) is 28.8 Å². The Labute approximate surface area is 231 Å². The number of likely N-dealkylation sites (tertiary alicyclic amines) is 1. The van der Waals surface area contributed by atoms with E-state index in [-0.39, 0.29) is 18.2 Å². The highest BCUT2D eigenvalue weighted by molar-refractivity contribution is 6.32. The lowest BCUT2D eigenvalue weighted by Crippen LogP contribution is -2.50. The van der Waals surface area contributed by atoms with Crippen LogP contribution in [0.15, 0.2) is 61.1 Å². The predicted octanol–water partition coefficient (Wildman–Crippen LogP) is 5.81. The quantitative estimate of drug-likeness (QED) is 0.332. The third kappa shape index (κ3) is 5.24. The highest BCUT2D eigenvalue weighted by Gasteiger charge is 2.47. The molecule has 1 aromatic carbocycles. The lowest BCUT2D eigenvalue weighted by Gasteiger charge is -2.35. The number of ether oxygens (including phenoxy) is 2. The lowest BCUT2D eigenvalue weighted by molar-refractivity contribution is 0.0214. The molecule has 2 fully saturated rings. The summed E-state index contributed by atoms with van der Waals surface area (Å²) in [5.74, 6) is 2.95. The van der Waals surface area contributed by atoms with Crippen LogP contribution in [0, 0.1) is 0 Å². The van der Waals surface area contributed by atoms with Crippen molar-refractivity contribution in [3.63, 3.8) is 0 Å². The van der Waals surface area contributed by atoms with Crippen molar-refractivity contribution in [2.24, 2.45) is 0 Å². The molecule has 0 radical (unpaired) electrons. The first-order chi connectivity index (χ1) is 18.7. The number of amides is 1. The minimum absolute atomic E-state index is 0.0925. The smallest absolute Gasteiger partial charge is 0.410 e. The molecule has 11 heteroatoms. The number of piperazine rings is 1. The van der Waals surface area contributed by atoms with Gasteiger partial charge < -0.3 is 24.6 Å². The Balaban J connectivity index is 1.20. The standard InChI is InChI=1S/C28H28ClN7O3/c1-28(2,3)39-27(37)36-15-17-11-18(36)14-35(17)24-10-9-21-25(34-24)26(32-16-31-21)33-23-12-20(29)22(13-30-23)38-19-7-5-4-6-8-19/h4-10,12-13,16-18H,11,14-15H2,1-3H3,(H,30,31,32,33)/t17-,18-/m0/s1. The van der Waals surface area contributed by atoms with E-state index in [4.69, 9.17) is 26.1 Å². The second-order valence-corrected chi connectivity index (χ2v) is 11.0. The van der Waals surface area contributed by atoms with Gasteiger partial charge in [0.25, 0.3) is 0 Å². The van der Waals surface area contributed by atoms with Gasteiger partial charge in [0, 0.05) is 19.2 Å². The number of pyridine rings is 2. The van der Waals surface area contributed by atoms with Crippen LogP contribution in [0.3, 0.4) is 0 Å². The summed E-state index contributed by atoms with van der Waals surface area (Å²) in [6.07, 6.45) is 3.68. The van der Waals surface area contributed by atoms with Gasteiger partial charge in [-0.2, -0.15) is 0 Å². The molecular weight excluding hydrogens is 518 g/mol. The Bertz CT molecular complexity index is 1530. The van der Waals surface area contributed by atoms with Crippen molar-refractivity contribution >= 4 is 46.2 Å². The summed E-state index contributed by atoms with van der Waals surface area (Å²) in [6, 6.07) is 15.2. The van der Waals surface area contributed by atoms with Gasteiger partial charge in [0.2, 0.25) is 0 Å². The number of rotatable bonds is 5. The van der Waals surface area contributed by atoms with E-state index >= 15 is 0 Å². The van der Waals surface area contributed by atoms with Crippen molar-refractivity contribution < 1.29 is 14.3 Å². The van der Waals surface area contributed by atoms with Gasteiger partial charge in [-0.25, -0.2) is 24.7 Å². The molecule has 2 aliphatic rings. The van der Waals surface area contributed by atoms with Crippen LogP contribution in [0.2, 0.25) is 5.02 Å². The van der Waals surface area contributed by atoms with Gasteiger partial charge in [-0.05, 0) is 51.5 Å². The van der Waals surface area contributed by atoms with E-state index in [2.05, 4.69) is 25.2 Å². The number of fused-ring (bicyclic) bond motifs is 3. The van der Waals surface area contributed by atoms with E-state index in [1.807, 2.05) is 68.1 Å². The van der Waals surface area contributed by atoms with E-state index in [9.17, 15) is 4.79 Å². The molecule has 10 nitrogen and oxygen atoms in total. The molecule has 0 aliphatic carbocycles. The first kappa shape index (κ1) is 25.1. The topological polar surface area (TPSA) is 106 Å². The Hall–Kier alpha value is -4.18. The number of carbonyl (C=O) groups is 1. The number of para-hydroxylation sites is 1. The summed E-state index contributed by atoms with van der Waals surface area (Å²) in [7, 11) is 0. The van der Waals surface area contributed by atoms with Crippen LogP contribution in [-0.2, 0) is 4.74 Å². The predicted molar refractivity (Wildman–Crippen MR) is 149 cm³/mol. The van der Waals surface area contributed by atoms with Crippen LogP contribution in [0.25, 0.3) is 11.0 Å². The first-order valence-electron chi connectivity index (χ1n) is 12.8. The molecule has 3 aromatic heterocycles. The summed E-state index contributed by atoms with van der Waals surface area (Å²) in [4.78, 5) is 34.9. The van der Waals surface area contributed by atoms with E-state index in [0.29, 0.717) is 52.3 Å². The molecule has 2 bridgehead atoms. The molecule has 4 aromatic rings. The summed E-state index contributed by atoms with van der Waals surface area (Å²) in [5, 5.41) is 3.63. The molecule has 6 rings (SSSR count). The average molecular weight is 546 g/mol. The van der Waals surface area contributed by atoms with Crippen molar-refractivity contribution in [3.05, 3.63) is 66.1 Å². The number of anilines is 3. The monoisotopic (exact) mass is 545 g/mol. The van der Waals surface area contributed by atoms with E-state index < -0.39 is 5.60 Å². The molecule has 0 unspecified atom stereocenters. The third-order valence-corrected chi connectivity index (χ3v) is 6.96. The summed E-state index contributed by atoms with van der Waals surface area (Å²) < 4.78 is 11.4. The fourth-order valence-corrected chi connectivity index (χ4v) is 5.16. The number of nitrogens with zero attached hydrogens (tertiary/aromatic N) is 6. The molecule has 1 amide bonds.